The van der Waals surface area contributed by atoms with Gasteiger partial charge in [0.15, 0.2) is 5.94 Å². The van der Waals surface area contributed by atoms with Crippen molar-refractivity contribution in [2.75, 3.05) is 25.3 Å². The van der Waals surface area contributed by atoms with E-state index in [-0.39, 0.29) is 6.02 Å². The van der Waals surface area contributed by atoms with Crippen molar-refractivity contribution < 1.29 is 9.94 Å². The molecule has 0 radical (unpaired) electrons. The van der Waals surface area contributed by atoms with Crippen molar-refractivity contribution in [1.82, 2.24) is 4.90 Å². The minimum atomic E-state index is -0.297. The molecule has 0 N–H and O–H groups in total. The number of thioether (sulfide) groups is 1. The van der Waals surface area contributed by atoms with E-state index in [1.807, 2.05) is 20.1 Å². The van der Waals surface area contributed by atoms with Crippen LogP contribution >= 0.6 is 11.8 Å². The Bertz CT molecular complexity index is 137. The highest BCUT2D eigenvalue weighted by atomic mass is 32.2. The van der Waals surface area contributed by atoms with Crippen LogP contribution in [-0.4, -0.2) is 36.2 Å². The summed E-state index contributed by atoms with van der Waals surface area (Å²) in [5.74, 6) is 0.424. The summed E-state index contributed by atoms with van der Waals surface area (Å²) in [5.41, 5.74) is 0. The summed E-state index contributed by atoms with van der Waals surface area (Å²) in [4.78, 5) is 6.32. The lowest BCUT2D eigenvalue weighted by atomic mass is 10.5. The van der Waals surface area contributed by atoms with Crippen LogP contribution in [0.3, 0.4) is 0 Å². The molecule has 0 unspecified atom stereocenters. The van der Waals surface area contributed by atoms with Gasteiger partial charge in [0.1, 0.15) is 0 Å². The lowest BCUT2D eigenvalue weighted by Crippen LogP contribution is -2.39. The molecule has 12 heavy (non-hydrogen) atoms. The van der Waals surface area contributed by atoms with Gasteiger partial charge in [0.05, 0.1) is 6.02 Å². The Morgan fingerprint density at radius 2 is 2.08 bits per heavy atom. The first kappa shape index (κ1) is 11.4. The summed E-state index contributed by atoms with van der Waals surface area (Å²) >= 11 is 1.48. The van der Waals surface area contributed by atoms with Gasteiger partial charge in [0, 0.05) is 13.1 Å². The lowest BCUT2D eigenvalue weighted by Gasteiger charge is -2.25. The highest BCUT2D eigenvalue weighted by molar-refractivity contribution is 7.98. The molecular formula is C7H15N2O2S-. The van der Waals surface area contributed by atoms with E-state index in [4.69, 9.17) is 4.84 Å². The van der Waals surface area contributed by atoms with E-state index in [1.54, 1.807) is 4.90 Å². The highest BCUT2D eigenvalue weighted by Crippen LogP contribution is 1.93. The zero-order chi connectivity index (χ0) is 9.40. The van der Waals surface area contributed by atoms with Gasteiger partial charge in [-0.3, -0.25) is 0 Å². The maximum Gasteiger partial charge on any atom is 0.162 e. The van der Waals surface area contributed by atoms with Crippen LogP contribution in [-0.2, 0) is 4.84 Å². The predicted molar refractivity (Wildman–Crippen MR) is 49.8 cm³/mol. The molecule has 72 valence electrons. The Labute approximate surface area is 77.6 Å². The summed E-state index contributed by atoms with van der Waals surface area (Å²) in [5, 5.41) is 14.5. The molecule has 0 spiro atoms. The third kappa shape index (κ3) is 4.33. The van der Waals surface area contributed by atoms with E-state index in [2.05, 4.69) is 5.16 Å². The standard InChI is InChI=1S/C7H16N2O2S/c1-4-9(5-2)7(10)8-11-6-12-3/h4-6H2,1-3H3,(H,8,10)/p-1. The Morgan fingerprint density at radius 1 is 1.50 bits per heavy atom. The molecule has 0 aliphatic carbocycles. The zero-order valence-corrected chi connectivity index (χ0v) is 8.56. The SMILES string of the molecule is CCN(CC)/C([O-])=N/OCSC. The van der Waals surface area contributed by atoms with Crippen molar-refractivity contribution in [2.45, 2.75) is 13.8 Å². The fourth-order valence-corrected chi connectivity index (χ4v) is 0.844. The van der Waals surface area contributed by atoms with Crippen LogP contribution in [0.25, 0.3) is 0 Å². The maximum atomic E-state index is 11.1. The topological polar surface area (TPSA) is 47.9 Å². The third-order valence-electron chi connectivity index (χ3n) is 1.35. The molecule has 0 aliphatic heterocycles. The smallest absolute Gasteiger partial charge is 0.162 e. The molecule has 5 heteroatoms. The van der Waals surface area contributed by atoms with Crippen LogP contribution in [0.4, 0.5) is 0 Å². The molecule has 0 aromatic heterocycles. The average Bonchev–Trinajstić information content (AvgIpc) is 2.07. The molecule has 4 nitrogen and oxygen atoms in total. The summed E-state index contributed by atoms with van der Waals surface area (Å²) in [7, 11) is 0. The van der Waals surface area contributed by atoms with E-state index >= 15 is 0 Å². The summed E-state index contributed by atoms with van der Waals surface area (Å²) in [6.07, 6.45) is 1.89. The van der Waals surface area contributed by atoms with Gasteiger partial charge in [-0.15, -0.1) is 11.8 Å². The molecule has 0 aromatic carbocycles. The molecule has 0 amide bonds. The summed E-state index contributed by atoms with van der Waals surface area (Å²) in [6.45, 7) is 5.15. The first-order chi connectivity index (χ1) is 5.76. The number of rotatable bonds is 5. The van der Waals surface area contributed by atoms with Gasteiger partial charge in [0.25, 0.3) is 0 Å². The highest BCUT2D eigenvalue weighted by Gasteiger charge is 1.95. The number of hydrogen-bond donors (Lipinski definition) is 0. The van der Waals surface area contributed by atoms with Gasteiger partial charge in [0.2, 0.25) is 0 Å². The van der Waals surface area contributed by atoms with Gasteiger partial charge >= 0.3 is 0 Å². The van der Waals surface area contributed by atoms with Gasteiger partial charge in [-0.1, -0.05) is 5.16 Å². The van der Waals surface area contributed by atoms with Crippen LogP contribution in [0.5, 0.6) is 0 Å². The van der Waals surface area contributed by atoms with Gasteiger partial charge < -0.3 is 14.8 Å². The van der Waals surface area contributed by atoms with Crippen molar-refractivity contribution in [2.24, 2.45) is 5.16 Å². The average molecular weight is 191 g/mol. The second-order valence-electron chi connectivity index (χ2n) is 2.08. The Kier molecular flexibility index (Phi) is 6.75. The summed E-state index contributed by atoms with van der Waals surface area (Å²) < 4.78 is 0. The molecule has 0 atom stereocenters. The zero-order valence-electron chi connectivity index (χ0n) is 7.74. The quantitative estimate of drug-likeness (QED) is 0.206. The van der Waals surface area contributed by atoms with Crippen molar-refractivity contribution in [3.8, 4) is 0 Å². The molecule has 0 bridgehead atoms. The minimum absolute atomic E-state index is 0.297. The lowest BCUT2D eigenvalue weighted by molar-refractivity contribution is -0.239. The van der Waals surface area contributed by atoms with Crippen LogP contribution in [0.15, 0.2) is 5.16 Å². The van der Waals surface area contributed by atoms with Crippen LogP contribution in [0.1, 0.15) is 13.8 Å². The second-order valence-corrected chi connectivity index (χ2v) is 2.89. The van der Waals surface area contributed by atoms with Gasteiger partial charge in [-0.25, -0.2) is 0 Å². The van der Waals surface area contributed by atoms with Crippen LogP contribution in [0, 0.1) is 0 Å². The minimum Gasteiger partial charge on any atom is -0.844 e. The van der Waals surface area contributed by atoms with E-state index in [1.165, 1.54) is 11.8 Å². The monoisotopic (exact) mass is 191 g/mol. The molecule has 0 fully saturated rings. The van der Waals surface area contributed by atoms with Gasteiger partial charge in [-0.05, 0) is 20.1 Å². The van der Waals surface area contributed by atoms with E-state index in [9.17, 15) is 5.11 Å². The van der Waals surface area contributed by atoms with E-state index in [0.29, 0.717) is 19.0 Å². The fourth-order valence-electron chi connectivity index (χ4n) is 0.686. The summed E-state index contributed by atoms with van der Waals surface area (Å²) in [6, 6.07) is -0.297. The third-order valence-corrected chi connectivity index (χ3v) is 1.69. The second kappa shape index (κ2) is 7.09. The fraction of sp³-hybridized carbons (Fsp3) is 0.857. The van der Waals surface area contributed by atoms with Crippen LogP contribution < -0.4 is 5.11 Å². The van der Waals surface area contributed by atoms with Crippen molar-refractivity contribution in [1.29, 1.82) is 0 Å². The first-order valence-corrected chi connectivity index (χ1v) is 5.26. The molecule has 0 aliphatic rings. The molecule has 0 rings (SSSR count). The Morgan fingerprint density at radius 3 is 2.50 bits per heavy atom. The Hall–Kier alpha value is -0.580. The van der Waals surface area contributed by atoms with Gasteiger partial charge in [-0.2, -0.15) is 0 Å². The van der Waals surface area contributed by atoms with Crippen molar-refractivity contribution in [3.63, 3.8) is 0 Å². The largest absolute Gasteiger partial charge is 0.844 e. The van der Waals surface area contributed by atoms with Crippen LogP contribution in [0.2, 0.25) is 0 Å². The molecule has 0 saturated carbocycles. The van der Waals surface area contributed by atoms with E-state index in [0.717, 1.165) is 0 Å². The molecular weight excluding hydrogens is 176 g/mol. The maximum absolute atomic E-state index is 11.1. The number of hydrogen-bond acceptors (Lipinski definition) is 4. The molecule has 0 saturated heterocycles. The first-order valence-electron chi connectivity index (χ1n) is 3.87. The molecule has 0 heterocycles. The normalized spacial score (nSPS) is 11.4. The van der Waals surface area contributed by atoms with E-state index < -0.39 is 0 Å². The van der Waals surface area contributed by atoms with Crippen molar-refractivity contribution in [3.05, 3.63) is 0 Å². The number of nitrogens with zero attached hydrogens (tertiary/aromatic N) is 2. The van der Waals surface area contributed by atoms with Crippen molar-refractivity contribution >= 4 is 17.8 Å². The predicted octanol–water partition coefficient (Wildman–Crippen LogP) is 0.297. The number of amidine groups is 1. The Balaban J connectivity index is 3.79. The molecule has 0 aromatic rings. The number of oxime groups is 1.